The number of aromatic nitrogens is 2. The normalized spacial score (nSPS) is 11.8. The zero-order valence-electron chi connectivity index (χ0n) is 10.8. The molecule has 96 valence electrons. The van der Waals surface area contributed by atoms with Gasteiger partial charge in [0.1, 0.15) is 0 Å². The first-order valence-corrected chi connectivity index (χ1v) is 5.97. The number of ether oxygens (including phenoxy) is 1. The van der Waals surface area contributed by atoms with Crippen molar-refractivity contribution in [3.05, 3.63) is 35.7 Å². The van der Waals surface area contributed by atoms with E-state index in [9.17, 15) is 10.1 Å². The molecule has 1 aromatic heterocycles. The summed E-state index contributed by atoms with van der Waals surface area (Å²) in [5.41, 5.74) is 1.11. The van der Waals surface area contributed by atoms with Gasteiger partial charge in [0.2, 0.25) is 0 Å². The highest BCUT2D eigenvalue weighted by Gasteiger charge is 2.26. The smallest absolute Gasteiger partial charge is 0.329 e. The van der Waals surface area contributed by atoms with Crippen LogP contribution in [0.1, 0.15) is 24.2 Å². The van der Waals surface area contributed by atoms with E-state index in [-0.39, 0.29) is 6.61 Å². The Morgan fingerprint density at radius 2 is 2.05 bits per heavy atom. The number of carbonyl (C=O) groups excluding carboxylic acids is 1. The van der Waals surface area contributed by atoms with Gasteiger partial charge in [-0.3, -0.25) is 4.79 Å². The summed E-state index contributed by atoms with van der Waals surface area (Å²) < 4.78 is 4.90. The average molecular weight is 255 g/mol. The highest BCUT2D eigenvalue weighted by atomic mass is 16.5. The molecule has 0 saturated heterocycles. The predicted molar refractivity (Wildman–Crippen MR) is 69.3 cm³/mol. The molecular formula is C14H13N3O2. The van der Waals surface area contributed by atoms with Crippen LogP contribution in [0.4, 0.5) is 0 Å². The second-order valence-corrected chi connectivity index (χ2v) is 4.03. The number of esters is 1. The first-order chi connectivity index (χ1) is 9.19. The molecule has 0 aliphatic heterocycles. The second-order valence-electron chi connectivity index (χ2n) is 4.03. The fraction of sp³-hybridized carbons (Fsp3) is 0.286. The van der Waals surface area contributed by atoms with Gasteiger partial charge in [-0.05, 0) is 13.8 Å². The minimum absolute atomic E-state index is 0.230. The maximum absolute atomic E-state index is 11.8. The Morgan fingerprint density at radius 1 is 1.37 bits per heavy atom. The quantitative estimate of drug-likeness (QED) is 0.785. The standard InChI is InChI=1S/C14H13N3O2/c1-3-19-14(18)12(8-15)13-11-7-5-4-6-10(11)9(2)16-17-13/h4-7,12H,3H2,1-2H3. The summed E-state index contributed by atoms with van der Waals surface area (Å²) in [5, 5.41) is 18.8. The second kappa shape index (κ2) is 5.44. The van der Waals surface area contributed by atoms with Crippen LogP contribution in [0, 0.1) is 18.3 Å². The summed E-state index contributed by atoms with van der Waals surface area (Å²) in [4.78, 5) is 11.8. The van der Waals surface area contributed by atoms with Gasteiger partial charge in [-0.2, -0.15) is 15.5 Å². The lowest BCUT2D eigenvalue weighted by Crippen LogP contribution is -2.16. The molecule has 1 unspecified atom stereocenters. The van der Waals surface area contributed by atoms with Crippen LogP contribution in [0.5, 0.6) is 0 Å². The lowest BCUT2D eigenvalue weighted by Gasteiger charge is -2.10. The van der Waals surface area contributed by atoms with Gasteiger partial charge in [0.25, 0.3) is 0 Å². The number of carbonyl (C=O) groups is 1. The number of hydrogen-bond acceptors (Lipinski definition) is 5. The predicted octanol–water partition coefficient (Wildman–Crippen LogP) is 2.11. The fourth-order valence-electron chi connectivity index (χ4n) is 1.92. The molecule has 5 nitrogen and oxygen atoms in total. The minimum atomic E-state index is -1.04. The maximum Gasteiger partial charge on any atom is 0.329 e. The Morgan fingerprint density at radius 3 is 2.68 bits per heavy atom. The molecule has 1 atom stereocenters. The van der Waals surface area contributed by atoms with Gasteiger partial charge in [0.05, 0.1) is 24.1 Å². The molecular weight excluding hydrogens is 242 g/mol. The molecule has 1 heterocycles. The Balaban J connectivity index is 2.59. The maximum atomic E-state index is 11.8. The van der Waals surface area contributed by atoms with Crippen LogP contribution in [-0.4, -0.2) is 22.8 Å². The van der Waals surface area contributed by atoms with Crippen molar-refractivity contribution < 1.29 is 9.53 Å². The van der Waals surface area contributed by atoms with Gasteiger partial charge >= 0.3 is 5.97 Å². The highest BCUT2D eigenvalue weighted by molar-refractivity contribution is 5.92. The number of hydrogen-bond donors (Lipinski definition) is 0. The van der Waals surface area contributed by atoms with Gasteiger partial charge < -0.3 is 4.74 Å². The van der Waals surface area contributed by atoms with Crippen LogP contribution >= 0.6 is 0 Å². The Labute approximate surface area is 110 Å². The lowest BCUT2D eigenvalue weighted by molar-refractivity contribution is -0.143. The summed E-state index contributed by atoms with van der Waals surface area (Å²) in [7, 11) is 0. The zero-order chi connectivity index (χ0) is 13.8. The van der Waals surface area contributed by atoms with Crippen molar-refractivity contribution in [1.29, 1.82) is 5.26 Å². The van der Waals surface area contributed by atoms with Crippen molar-refractivity contribution in [3.63, 3.8) is 0 Å². The molecule has 0 fully saturated rings. The topological polar surface area (TPSA) is 75.9 Å². The first-order valence-electron chi connectivity index (χ1n) is 5.97. The molecule has 5 heteroatoms. The first kappa shape index (κ1) is 13.0. The van der Waals surface area contributed by atoms with Crippen molar-refractivity contribution in [1.82, 2.24) is 10.2 Å². The van der Waals surface area contributed by atoms with E-state index in [2.05, 4.69) is 10.2 Å². The molecule has 1 aromatic carbocycles. The van der Waals surface area contributed by atoms with E-state index in [4.69, 9.17) is 4.74 Å². The Kier molecular flexibility index (Phi) is 3.71. The summed E-state index contributed by atoms with van der Waals surface area (Å²) in [6, 6.07) is 9.38. The molecule has 2 aromatic rings. The molecule has 0 N–H and O–H groups in total. The van der Waals surface area contributed by atoms with Crippen LogP contribution in [0.25, 0.3) is 10.8 Å². The van der Waals surface area contributed by atoms with Crippen LogP contribution < -0.4 is 0 Å². The van der Waals surface area contributed by atoms with Gasteiger partial charge in [-0.1, -0.05) is 24.3 Å². The van der Waals surface area contributed by atoms with Crippen LogP contribution in [0.3, 0.4) is 0 Å². The molecule has 0 spiro atoms. The van der Waals surface area contributed by atoms with E-state index in [1.165, 1.54) is 0 Å². The van der Waals surface area contributed by atoms with E-state index < -0.39 is 11.9 Å². The number of benzene rings is 1. The third-order valence-electron chi connectivity index (χ3n) is 2.83. The fourth-order valence-corrected chi connectivity index (χ4v) is 1.92. The Bertz CT molecular complexity index is 661. The largest absolute Gasteiger partial charge is 0.465 e. The van der Waals surface area contributed by atoms with Crippen LogP contribution in [0.15, 0.2) is 24.3 Å². The third-order valence-corrected chi connectivity index (χ3v) is 2.83. The number of nitrogens with zero attached hydrogens (tertiary/aromatic N) is 3. The van der Waals surface area contributed by atoms with Crippen molar-refractivity contribution in [3.8, 4) is 6.07 Å². The average Bonchev–Trinajstić information content (AvgIpc) is 2.43. The van der Waals surface area contributed by atoms with Gasteiger partial charge in [0, 0.05) is 10.8 Å². The Hall–Kier alpha value is -2.48. The van der Waals surface area contributed by atoms with Crippen molar-refractivity contribution in [2.24, 2.45) is 0 Å². The number of rotatable bonds is 3. The zero-order valence-corrected chi connectivity index (χ0v) is 10.8. The molecule has 0 bridgehead atoms. The van der Waals surface area contributed by atoms with E-state index >= 15 is 0 Å². The lowest BCUT2D eigenvalue weighted by atomic mass is 10.0. The number of nitriles is 1. The summed E-state index contributed by atoms with van der Waals surface area (Å²) in [6.07, 6.45) is 0. The summed E-state index contributed by atoms with van der Waals surface area (Å²) in [6.45, 7) is 3.77. The van der Waals surface area contributed by atoms with Crippen molar-refractivity contribution in [2.45, 2.75) is 19.8 Å². The molecule has 2 rings (SSSR count). The van der Waals surface area contributed by atoms with Crippen molar-refractivity contribution in [2.75, 3.05) is 6.61 Å². The van der Waals surface area contributed by atoms with E-state index in [0.29, 0.717) is 5.69 Å². The number of fused-ring (bicyclic) bond motifs is 1. The summed E-state index contributed by atoms with van der Waals surface area (Å²) >= 11 is 0. The van der Waals surface area contributed by atoms with E-state index in [1.54, 1.807) is 6.92 Å². The van der Waals surface area contributed by atoms with Gasteiger partial charge in [0.15, 0.2) is 5.92 Å². The highest BCUT2D eigenvalue weighted by Crippen LogP contribution is 2.25. The SMILES string of the molecule is CCOC(=O)C(C#N)c1nnc(C)c2ccccc12. The molecule has 19 heavy (non-hydrogen) atoms. The van der Waals surface area contributed by atoms with Gasteiger partial charge in [-0.15, -0.1) is 0 Å². The van der Waals surface area contributed by atoms with Crippen LogP contribution in [0.2, 0.25) is 0 Å². The van der Waals surface area contributed by atoms with Crippen molar-refractivity contribution >= 4 is 16.7 Å². The van der Waals surface area contributed by atoms with E-state index in [0.717, 1.165) is 16.5 Å². The number of aryl methyl sites for hydroxylation is 1. The molecule has 0 saturated carbocycles. The third kappa shape index (κ3) is 2.38. The monoisotopic (exact) mass is 255 g/mol. The van der Waals surface area contributed by atoms with Gasteiger partial charge in [-0.25, -0.2) is 0 Å². The van der Waals surface area contributed by atoms with E-state index in [1.807, 2.05) is 37.3 Å². The molecule has 0 radical (unpaired) electrons. The minimum Gasteiger partial charge on any atom is -0.465 e. The molecule has 0 amide bonds. The van der Waals surface area contributed by atoms with Crippen LogP contribution in [-0.2, 0) is 9.53 Å². The molecule has 0 aliphatic rings. The molecule has 0 aliphatic carbocycles. The summed E-state index contributed by atoms with van der Waals surface area (Å²) in [5.74, 6) is -1.63.